The fourth-order valence-electron chi connectivity index (χ4n) is 1.92. The second-order valence-electron chi connectivity index (χ2n) is 4.45. The van der Waals surface area contributed by atoms with Crippen LogP contribution >= 0.6 is 15.9 Å². The van der Waals surface area contributed by atoms with E-state index in [2.05, 4.69) is 15.9 Å². The third-order valence-corrected chi connectivity index (χ3v) is 5.67. The highest BCUT2D eigenvalue weighted by atomic mass is 79.9. The Morgan fingerprint density at radius 3 is 1.94 bits per heavy atom. The molecule has 3 nitrogen and oxygen atoms in total. The first-order valence-corrected chi connectivity index (χ1v) is 7.80. The van der Waals surface area contributed by atoms with Gasteiger partial charge in [-0.1, -0.05) is 12.1 Å². The molecule has 0 aliphatic heterocycles. The Labute approximate surface area is 112 Å². The molecule has 1 rings (SSSR count). The Morgan fingerprint density at radius 1 is 1.06 bits per heavy atom. The molecule has 0 N–H and O–H groups in total. The molecular weight excluding hydrogens is 302 g/mol. The van der Waals surface area contributed by atoms with Crippen LogP contribution in [0.25, 0.3) is 0 Å². The van der Waals surface area contributed by atoms with Gasteiger partial charge >= 0.3 is 0 Å². The van der Waals surface area contributed by atoms with Gasteiger partial charge in [0.25, 0.3) is 0 Å². The highest BCUT2D eigenvalue weighted by Crippen LogP contribution is 2.27. The fourth-order valence-corrected chi connectivity index (χ4v) is 4.72. The molecule has 0 aromatic heterocycles. The van der Waals surface area contributed by atoms with E-state index in [9.17, 15) is 8.42 Å². The summed E-state index contributed by atoms with van der Waals surface area (Å²) in [5.41, 5.74) is 0. The lowest BCUT2D eigenvalue weighted by Gasteiger charge is -2.29. The molecule has 0 saturated heterocycles. The van der Waals surface area contributed by atoms with Crippen molar-refractivity contribution in [3.05, 3.63) is 28.7 Å². The van der Waals surface area contributed by atoms with Crippen molar-refractivity contribution in [2.45, 2.75) is 44.7 Å². The van der Waals surface area contributed by atoms with Gasteiger partial charge in [-0.05, 0) is 55.8 Å². The molecule has 0 fully saturated rings. The molecule has 0 saturated carbocycles. The van der Waals surface area contributed by atoms with Gasteiger partial charge in [-0.15, -0.1) is 0 Å². The van der Waals surface area contributed by atoms with E-state index in [1.54, 1.807) is 24.3 Å². The first-order chi connectivity index (χ1) is 7.78. The zero-order valence-electron chi connectivity index (χ0n) is 10.5. The lowest BCUT2D eigenvalue weighted by Crippen LogP contribution is -2.42. The van der Waals surface area contributed by atoms with Crippen molar-refractivity contribution in [2.24, 2.45) is 0 Å². The second-order valence-corrected chi connectivity index (χ2v) is 7.12. The van der Waals surface area contributed by atoms with Crippen LogP contribution in [0.15, 0.2) is 33.6 Å². The van der Waals surface area contributed by atoms with Gasteiger partial charge in [0.05, 0.1) is 4.90 Å². The molecule has 0 amide bonds. The maximum atomic E-state index is 12.5. The van der Waals surface area contributed by atoms with Gasteiger partial charge in [-0.3, -0.25) is 0 Å². The van der Waals surface area contributed by atoms with Gasteiger partial charge in [0.15, 0.2) is 0 Å². The van der Waals surface area contributed by atoms with Crippen LogP contribution in [0, 0.1) is 0 Å². The maximum Gasteiger partial charge on any atom is 0.244 e. The lowest BCUT2D eigenvalue weighted by molar-refractivity contribution is 0.302. The summed E-state index contributed by atoms with van der Waals surface area (Å²) < 4.78 is 27.2. The van der Waals surface area contributed by atoms with Gasteiger partial charge in [0, 0.05) is 16.6 Å². The number of benzene rings is 1. The van der Waals surface area contributed by atoms with Crippen molar-refractivity contribution >= 4 is 26.0 Å². The van der Waals surface area contributed by atoms with Crippen molar-refractivity contribution in [2.75, 3.05) is 0 Å². The third kappa shape index (κ3) is 3.09. The zero-order chi connectivity index (χ0) is 13.2. The first-order valence-electron chi connectivity index (χ1n) is 5.56. The molecule has 0 heterocycles. The standard InChI is InChI=1S/C12H18BrNO2S/c1-9(2)14(10(3)4)17(15,16)12-8-6-5-7-11(12)13/h5-10H,1-4H3. The van der Waals surface area contributed by atoms with E-state index in [0.717, 1.165) is 0 Å². The molecule has 1 aromatic rings. The number of rotatable bonds is 4. The Hall–Kier alpha value is -0.390. The predicted octanol–water partition coefficient (Wildman–Crippen LogP) is 3.26. The number of nitrogens with zero attached hydrogens (tertiary/aromatic N) is 1. The number of hydrogen-bond donors (Lipinski definition) is 0. The fraction of sp³-hybridized carbons (Fsp3) is 0.500. The molecule has 0 radical (unpaired) electrons. The normalized spacial score (nSPS) is 12.7. The van der Waals surface area contributed by atoms with Crippen LogP contribution in [-0.2, 0) is 10.0 Å². The average molecular weight is 320 g/mol. The summed E-state index contributed by atoms with van der Waals surface area (Å²) >= 11 is 3.29. The van der Waals surface area contributed by atoms with Crippen LogP contribution in [0.4, 0.5) is 0 Å². The van der Waals surface area contributed by atoms with Gasteiger partial charge in [-0.2, -0.15) is 4.31 Å². The van der Waals surface area contributed by atoms with Crippen molar-refractivity contribution in [3.63, 3.8) is 0 Å². The zero-order valence-corrected chi connectivity index (χ0v) is 12.9. The number of halogens is 1. The van der Waals surface area contributed by atoms with E-state index in [1.807, 2.05) is 27.7 Å². The first kappa shape index (κ1) is 14.7. The number of hydrogen-bond acceptors (Lipinski definition) is 2. The molecule has 5 heteroatoms. The molecule has 1 aromatic carbocycles. The Kier molecular flexibility index (Phi) is 4.75. The van der Waals surface area contributed by atoms with E-state index >= 15 is 0 Å². The van der Waals surface area contributed by atoms with Crippen molar-refractivity contribution < 1.29 is 8.42 Å². The molecule has 17 heavy (non-hydrogen) atoms. The quantitative estimate of drug-likeness (QED) is 0.854. The molecule has 0 bridgehead atoms. The molecule has 0 aliphatic carbocycles. The van der Waals surface area contributed by atoms with Crippen LogP contribution < -0.4 is 0 Å². The number of sulfonamides is 1. The van der Waals surface area contributed by atoms with E-state index in [1.165, 1.54) is 4.31 Å². The predicted molar refractivity (Wildman–Crippen MR) is 73.4 cm³/mol. The third-order valence-electron chi connectivity index (χ3n) is 2.41. The van der Waals surface area contributed by atoms with E-state index in [4.69, 9.17) is 0 Å². The smallest absolute Gasteiger partial charge is 0.207 e. The minimum absolute atomic E-state index is 0.0629. The molecule has 0 atom stereocenters. The summed E-state index contributed by atoms with van der Waals surface area (Å²) in [5.74, 6) is 0. The summed E-state index contributed by atoms with van der Waals surface area (Å²) in [6.07, 6.45) is 0. The maximum absolute atomic E-state index is 12.5. The summed E-state index contributed by atoms with van der Waals surface area (Å²) in [7, 11) is -3.44. The SMILES string of the molecule is CC(C)N(C(C)C)S(=O)(=O)c1ccccc1Br. The van der Waals surface area contributed by atoms with Gasteiger partial charge in [0.2, 0.25) is 10.0 Å². The van der Waals surface area contributed by atoms with Crippen LogP contribution in [0.3, 0.4) is 0 Å². The van der Waals surface area contributed by atoms with Crippen molar-refractivity contribution in [1.82, 2.24) is 4.31 Å². The van der Waals surface area contributed by atoms with Crippen molar-refractivity contribution in [3.8, 4) is 0 Å². The van der Waals surface area contributed by atoms with Gasteiger partial charge < -0.3 is 0 Å². The van der Waals surface area contributed by atoms with Crippen LogP contribution in [0.1, 0.15) is 27.7 Å². The van der Waals surface area contributed by atoms with Crippen LogP contribution in [0.5, 0.6) is 0 Å². The summed E-state index contributed by atoms with van der Waals surface area (Å²) in [6.45, 7) is 7.53. The summed E-state index contributed by atoms with van der Waals surface area (Å²) in [6, 6.07) is 6.77. The van der Waals surface area contributed by atoms with Crippen LogP contribution in [-0.4, -0.2) is 24.8 Å². The topological polar surface area (TPSA) is 37.4 Å². The minimum atomic E-state index is -3.44. The minimum Gasteiger partial charge on any atom is -0.207 e. The van der Waals surface area contributed by atoms with Gasteiger partial charge in [0.1, 0.15) is 0 Å². The average Bonchev–Trinajstić information content (AvgIpc) is 2.15. The molecule has 0 unspecified atom stereocenters. The van der Waals surface area contributed by atoms with Crippen LogP contribution in [0.2, 0.25) is 0 Å². The van der Waals surface area contributed by atoms with Gasteiger partial charge in [-0.25, -0.2) is 8.42 Å². The van der Waals surface area contributed by atoms with E-state index in [-0.39, 0.29) is 12.1 Å². The second kappa shape index (κ2) is 5.50. The molecular formula is C12H18BrNO2S. The molecule has 96 valence electrons. The molecule has 0 aliphatic rings. The van der Waals surface area contributed by atoms with Crippen molar-refractivity contribution in [1.29, 1.82) is 0 Å². The summed E-state index contributed by atoms with van der Waals surface area (Å²) in [4.78, 5) is 0.322. The Bertz CT molecular complexity index is 475. The Morgan fingerprint density at radius 2 is 1.53 bits per heavy atom. The lowest BCUT2D eigenvalue weighted by atomic mass is 10.3. The highest BCUT2D eigenvalue weighted by Gasteiger charge is 2.30. The highest BCUT2D eigenvalue weighted by molar-refractivity contribution is 9.10. The molecule has 0 spiro atoms. The summed E-state index contributed by atoms with van der Waals surface area (Å²) in [5, 5.41) is 0. The van der Waals surface area contributed by atoms with E-state index in [0.29, 0.717) is 9.37 Å². The largest absolute Gasteiger partial charge is 0.244 e. The monoisotopic (exact) mass is 319 g/mol. The Balaban J connectivity index is 3.32. The van der Waals surface area contributed by atoms with E-state index < -0.39 is 10.0 Å².